The molecule has 1 saturated heterocycles. The molecule has 6 nitrogen and oxygen atoms in total. The number of aliphatic hydroxyl groups is 1. The van der Waals surface area contributed by atoms with Crippen LogP contribution in [0.4, 0.5) is 0 Å². The van der Waals surface area contributed by atoms with Gasteiger partial charge in [-0.3, -0.25) is 4.90 Å². The molecule has 0 aliphatic carbocycles. The molecule has 1 aliphatic heterocycles. The molecule has 158 valence electrons. The standard InChI is InChI=1S/C23H31NO5/c1-15-10-16(2)23(28-5)18(11-15)13-24-8-9-29-21(14-25)22(24)17-6-7-19(26-3)20(12-17)27-4/h6-7,10-12,21-22,25H,8-9,13-14H2,1-5H3/t21-,22-/m1/s1. The number of ether oxygens (including phenoxy) is 4. The van der Waals surface area contributed by atoms with E-state index in [9.17, 15) is 5.11 Å². The van der Waals surface area contributed by atoms with Gasteiger partial charge in [-0.25, -0.2) is 0 Å². The van der Waals surface area contributed by atoms with Crippen LogP contribution in [-0.2, 0) is 11.3 Å². The first-order valence-corrected chi connectivity index (χ1v) is 9.84. The van der Waals surface area contributed by atoms with Crippen LogP contribution < -0.4 is 14.2 Å². The molecule has 0 saturated carbocycles. The van der Waals surface area contributed by atoms with E-state index in [-0.39, 0.29) is 18.8 Å². The molecule has 0 spiro atoms. The van der Waals surface area contributed by atoms with Gasteiger partial charge in [-0.1, -0.05) is 23.8 Å². The Kier molecular flexibility index (Phi) is 7.00. The van der Waals surface area contributed by atoms with Crippen LogP contribution in [0.3, 0.4) is 0 Å². The first-order chi connectivity index (χ1) is 14.0. The molecule has 1 aliphatic rings. The number of benzene rings is 2. The van der Waals surface area contributed by atoms with Gasteiger partial charge in [0.2, 0.25) is 0 Å². The minimum absolute atomic E-state index is 0.0561. The Morgan fingerprint density at radius 1 is 1.03 bits per heavy atom. The van der Waals surface area contributed by atoms with Gasteiger partial charge in [-0.2, -0.15) is 0 Å². The summed E-state index contributed by atoms with van der Waals surface area (Å²) >= 11 is 0. The summed E-state index contributed by atoms with van der Waals surface area (Å²) in [5.74, 6) is 2.25. The van der Waals surface area contributed by atoms with Crippen molar-refractivity contribution in [3.63, 3.8) is 0 Å². The molecular formula is C23H31NO5. The van der Waals surface area contributed by atoms with Gasteiger partial charge in [0.1, 0.15) is 11.9 Å². The van der Waals surface area contributed by atoms with E-state index in [0.717, 1.165) is 29.0 Å². The van der Waals surface area contributed by atoms with Gasteiger partial charge in [-0.15, -0.1) is 0 Å². The monoisotopic (exact) mass is 401 g/mol. The van der Waals surface area contributed by atoms with E-state index >= 15 is 0 Å². The van der Waals surface area contributed by atoms with Crippen molar-refractivity contribution < 1.29 is 24.1 Å². The maximum atomic E-state index is 9.99. The van der Waals surface area contributed by atoms with Gasteiger partial charge in [-0.05, 0) is 37.1 Å². The normalized spacial score (nSPS) is 19.8. The van der Waals surface area contributed by atoms with E-state index in [1.54, 1.807) is 21.3 Å². The van der Waals surface area contributed by atoms with E-state index < -0.39 is 0 Å². The van der Waals surface area contributed by atoms with Crippen LogP contribution in [0.1, 0.15) is 28.3 Å². The number of morpholine rings is 1. The predicted octanol–water partition coefficient (Wildman–Crippen LogP) is 3.26. The number of aliphatic hydroxyl groups excluding tert-OH is 1. The maximum Gasteiger partial charge on any atom is 0.161 e. The van der Waals surface area contributed by atoms with Gasteiger partial charge >= 0.3 is 0 Å². The zero-order valence-corrected chi connectivity index (χ0v) is 17.9. The lowest BCUT2D eigenvalue weighted by molar-refractivity contribution is -0.0962. The Balaban J connectivity index is 1.99. The minimum Gasteiger partial charge on any atom is -0.496 e. The van der Waals surface area contributed by atoms with Crippen molar-refractivity contribution in [1.82, 2.24) is 4.90 Å². The number of nitrogens with zero attached hydrogens (tertiary/aromatic N) is 1. The van der Waals surface area contributed by atoms with E-state index in [0.29, 0.717) is 24.7 Å². The lowest BCUT2D eigenvalue weighted by Gasteiger charge is -2.41. The molecular weight excluding hydrogens is 370 g/mol. The number of aryl methyl sites for hydroxylation is 2. The SMILES string of the molecule is COc1ccc([C@@H]2[C@@H](CO)OCCN2Cc2cc(C)cc(C)c2OC)cc1OC. The highest BCUT2D eigenvalue weighted by Gasteiger charge is 2.34. The van der Waals surface area contributed by atoms with Gasteiger partial charge in [0.15, 0.2) is 11.5 Å². The summed E-state index contributed by atoms with van der Waals surface area (Å²) in [6.45, 7) is 6.13. The third kappa shape index (κ3) is 4.50. The highest BCUT2D eigenvalue weighted by atomic mass is 16.5. The van der Waals surface area contributed by atoms with Crippen LogP contribution >= 0.6 is 0 Å². The summed E-state index contributed by atoms with van der Waals surface area (Å²) in [5, 5.41) is 9.99. The van der Waals surface area contributed by atoms with E-state index in [2.05, 4.69) is 30.9 Å². The smallest absolute Gasteiger partial charge is 0.161 e. The second-order valence-electron chi connectivity index (χ2n) is 7.40. The predicted molar refractivity (Wildman–Crippen MR) is 112 cm³/mol. The van der Waals surface area contributed by atoms with Gasteiger partial charge < -0.3 is 24.1 Å². The summed E-state index contributed by atoms with van der Waals surface area (Å²) in [4.78, 5) is 2.34. The maximum absolute atomic E-state index is 9.99. The second kappa shape index (κ2) is 9.48. The third-order valence-electron chi connectivity index (χ3n) is 5.46. The summed E-state index contributed by atoms with van der Waals surface area (Å²) in [7, 11) is 4.96. The first-order valence-electron chi connectivity index (χ1n) is 9.84. The van der Waals surface area contributed by atoms with Crippen LogP contribution in [0, 0.1) is 13.8 Å². The van der Waals surface area contributed by atoms with Crippen molar-refractivity contribution in [1.29, 1.82) is 0 Å². The van der Waals surface area contributed by atoms with E-state index in [1.165, 1.54) is 5.56 Å². The van der Waals surface area contributed by atoms with E-state index in [4.69, 9.17) is 18.9 Å². The summed E-state index contributed by atoms with van der Waals surface area (Å²) in [6, 6.07) is 10.1. The van der Waals surface area contributed by atoms with Crippen LogP contribution in [0.2, 0.25) is 0 Å². The topological polar surface area (TPSA) is 60.4 Å². The largest absolute Gasteiger partial charge is 0.496 e. The van der Waals surface area contributed by atoms with Crippen LogP contribution in [0.25, 0.3) is 0 Å². The fraction of sp³-hybridized carbons (Fsp3) is 0.478. The number of hydrogen-bond acceptors (Lipinski definition) is 6. The average Bonchev–Trinajstić information content (AvgIpc) is 2.72. The quantitative estimate of drug-likeness (QED) is 0.769. The molecule has 1 heterocycles. The molecule has 3 rings (SSSR count). The lowest BCUT2D eigenvalue weighted by atomic mass is 9.96. The Hall–Kier alpha value is -2.28. The highest BCUT2D eigenvalue weighted by molar-refractivity contribution is 5.45. The molecule has 2 aromatic rings. The van der Waals surface area contributed by atoms with Crippen molar-refractivity contribution in [3.8, 4) is 17.2 Å². The highest BCUT2D eigenvalue weighted by Crippen LogP contribution is 2.37. The molecule has 1 N–H and O–H groups in total. The van der Waals surface area contributed by atoms with Crippen LogP contribution in [0.5, 0.6) is 17.2 Å². The fourth-order valence-corrected chi connectivity index (χ4v) is 4.25. The number of hydrogen-bond donors (Lipinski definition) is 1. The molecule has 1 fully saturated rings. The lowest BCUT2D eigenvalue weighted by Crippen LogP contribution is -2.46. The summed E-state index contributed by atoms with van der Waals surface area (Å²) < 4.78 is 22.5. The van der Waals surface area contributed by atoms with Crippen molar-refractivity contribution in [2.75, 3.05) is 41.1 Å². The molecule has 0 unspecified atom stereocenters. The fourth-order valence-electron chi connectivity index (χ4n) is 4.25. The zero-order chi connectivity index (χ0) is 21.0. The van der Waals surface area contributed by atoms with E-state index in [1.807, 2.05) is 18.2 Å². The molecule has 2 aromatic carbocycles. The average molecular weight is 402 g/mol. The van der Waals surface area contributed by atoms with Crippen molar-refractivity contribution in [2.24, 2.45) is 0 Å². The number of rotatable bonds is 7. The van der Waals surface area contributed by atoms with Crippen molar-refractivity contribution in [3.05, 3.63) is 52.6 Å². The molecule has 0 radical (unpaired) electrons. The van der Waals surface area contributed by atoms with Crippen molar-refractivity contribution >= 4 is 0 Å². The molecule has 0 bridgehead atoms. The Labute approximate surface area is 173 Å². The molecule has 0 aromatic heterocycles. The van der Waals surface area contributed by atoms with Crippen LogP contribution in [0.15, 0.2) is 30.3 Å². The van der Waals surface area contributed by atoms with Crippen molar-refractivity contribution in [2.45, 2.75) is 32.5 Å². The first kappa shape index (κ1) is 21.4. The minimum atomic E-state index is -0.321. The summed E-state index contributed by atoms with van der Waals surface area (Å²) in [6.07, 6.45) is -0.321. The zero-order valence-electron chi connectivity index (χ0n) is 17.9. The Bertz CT molecular complexity index is 838. The van der Waals surface area contributed by atoms with Gasteiger partial charge in [0.05, 0.1) is 40.6 Å². The second-order valence-corrected chi connectivity index (χ2v) is 7.40. The Morgan fingerprint density at radius 3 is 2.45 bits per heavy atom. The molecule has 0 amide bonds. The number of methoxy groups -OCH3 is 3. The van der Waals surface area contributed by atoms with Crippen LogP contribution in [-0.4, -0.2) is 57.2 Å². The van der Waals surface area contributed by atoms with Gasteiger partial charge in [0.25, 0.3) is 0 Å². The molecule has 2 atom stereocenters. The molecule has 6 heteroatoms. The third-order valence-corrected chi connectivity index (χ3v) is 5.46. The van der Waals surface area contributed by atoms with Gasteiger partial charge in [0, 0.05) is 18.7 Å². The summed E-state index contributed by atoms with van der Waals surface area (Å²) in [5.41, 5.74) is 4.48. The molecule has 29 heavy (non-hydrogen) atoms. The Morgan fingerprint density at radius 2 is 1.79 bits per heavy atom.